The zero-order chi connectivity index (χ0) is 28.4. The number of fused-ring (bicyclic) bond motifs is 1. The third-order valence-electron chi connectivity index (χ3n) is 7.62. The molecule has 0 fully saturated rings. The number of ketones is 1. The minimum atomic E-state index is -0.721. The molecule has 4 aromatic rings. The molecule has 0 bridgehead atoms. The molecule has 0 spiro atoms. The van der Waals surface area contributed by atoms with Gasteiger partial charge in [-0.1, -0.05) is 35.9 Å². The van der Waals surface area contributed by atoms with Crippen molar-refractivity contribution in [2.45, 2.75) is 52.6 Å². The van der Waals surface area contributed by atoms with Crippen LogP contribution in [-0.4, -0.2) is 22.6 Å². The maximum Gasteiger partial charge on any atom is 0.224 e. The van der Waals surface area contributed by atoms with Gasteiger partial charge in [-0.3, -0.25) is 14.4 Å². The highest BCUT2D eigenvalue weighted by Crippen LogP contribution is 2.32. The van der Waals surface area contributed by atoms with Gasteiger partial charge in [-0.05, 0) is 89.9 Å². The van der Waals surface area contributed by atoms with E-state index in [9.17, 15) is 18.8 Å². The van der Waals surface area contributed by atoms with E-state index < -0.39 is 11.9 Å². The number of hydrogen-bond donors (Lipinski definition) is 3. The summed E-state index contributed by atoms with van der Waals surface area (Å²) >= 11 is 0. The molecule has 2 heterocycles. The molecule has 0 aliphatic carbocycles. The number of benzene rings is 3. The van der Waals surface area contributed by atoms with Crippen LogP contribution in [0.25, 0.3) is 10.9 Å². The Hall–Kier alpha value is -4.52. The van der Waals surface area contributed by atoms with Gasteiger partial charge in [-0.25, -0.2) is 4.39 Å². The lowest BCUT2D eigenvalue weighted by molar-refractivity contribution is -0.122. The van der Waals surface area contributed by atoms with E-state index in [1.807, 2.05) is 62.5 Å². The van der Waals surface area contributed by atoms with Crippen LogP contribution in [-0.2, 0) is 33.8 Å². The van der Waals surface area contributed by atoms with Gasteiger partial charge in [-0.15, -0.1) is 0 Å². The molecule has 1 aromatic heterocycles. The minimum Gasteiger partial charge on any atom is -0.361 e. The summed E-state index contributed by atoms with van der Waals surface area (Å²) in [4.78, 5) is 42.0. The van der Waals surface area contributed by atoms with Gasteiger partial charge in [0.25, 0.3) is 0 Å². The third kappa shape index (κ3) is 5.73. The Morgan fingerprint density at radius 1 is 0.975 bits per heavy atom. The lowest BCUT2D eigenvalue weighted by Gasteiger charge is -2.28. The number of H-pyrrole nitrogens is 1. The van der Waals surface area contributed by atoms with Crippen LogP contribution in [0.2, 0.25) is 0 Å². The van der Waals surface area contributed by atoms with Gasteiger partial charge < -0.3 is 15.6 Å². The normalized spacial score (nSPS) is 15.3. The average molecular weight is 538 g/mol. The number of amides is 2. The van der Waals surface area contributed by atoms with E-state index in [-0.39, 0.29) is 42.4 Å². The van der Waals surface area contributed by atoms with Gasteiger partial charge >= 0.3 is 0 Å². The van der Waals surface area contributed by atoms with Crippen molar-refractivity contribution in [2.75, 3.05) is 0 Å². The van der Waals surface area contributed by atoms with E-state index in [4.69, 9.17) is 0 Å². The van der Waals surface area contributed by atoms with Crippen molar-refractivity contribution in [1.82, 2.24) is 15.6 Å². The smallest absolute Gasteiger partial charge is 0.224 e. The fraction of sp³-hybridized carbons (Fsp3) is 0.242. The first-order valence-corrected chi connectivity index (χ1v) is 13.4. The van der Waals surface area contributed by atoms with Crippen molar-refractivity contribution in [3.8, 4) is 0 Å². The number of carbonyl (C=O) groups excluding carboxylic acids is 3. The number of Topliss-reactive ketones (excluding diaryl/α,β-unsaturated/α-hetero) is 1. The molecule has 0 saturated heterocycles. The number of aryl methyl sites for hydroxylation is 2. The summed E-state index contributed by atoms with van der Waals surface area (Å²) in [7, 11) is 0. The molecule has 1 unspecified atom stereocenters. The first kappa shape index (κ1) is 27.1. The lowest BCUT2D eigenvalue weighted by atomic mass is 9.85. The first-order chi connectivity index (χ1) is 19.2. The van der Waals surface area contributed by atoms with Gasteiger partial charge in [0, 0.05) is 36.7 Å². The summed E-state index contributed by atoms with van der Waals surface area (Å²) < 4.78 is 14.8. The van der Waals surface area contributed by atoms with Crippen LogP contribution in [0.4, 0.5) is 4.39 Å². The molecule has 1 aliphatic heterocycles. The molecule has 2 amide bonds. The second-order valence-electron chi connectivity index (χ2n) is 10.5. The van der Waals surface area contributed by atoms with E-state index in [0.29, 0.717) is 23.3 Å². The predicted molar refractivity (Wildman–Crippen MR) is 153 cm³/mol. The van der Waals surface area contributed by atoms with Crippen molar-refractivity contribution in [2.24, 2.45) is 0 Å². The second-order valence-corrected chi connectivity index (χ2v) is 10.5. The number of carbonyl (C=O) groups is 3. The number of hydrogen-bond acceptors (Lipinski definition) is 3. The average Bonchev–Trinajstić information content (AvgIpc) is 3.37. The highest BCUT2D eigenvalue weighted by molar-refractivity contribution is 6.02. The Balaban J connectivity index is 1.36. The molecule has 204 valence electrons. The highest BCUT2D eigenvalue weighted by Gasteiger charge is 2.31. The van der Waals surface area contributed by atoms with E-state index in [2.05, 4.69) is 15.6 Å². The Morgan fingerprint density at radius 2 is 1.75 bits per heavy atom. The molecular formula is C33H32FN3O3. The van der Waals surface area contributed by atoms with Gasteiger partial charge in [0.05, 0.1) is 12.5 Å². The summed E-state index contributed by atoms with van der Waals surface area (Å²) in [6.07, 6.45) is 2.00. The van der Waals surface area contributed by atoms with Gasteiger partial charge in [-0.2, -0.15) is 0 Å². The first-order valence-electron chi connectivity index (χ1n) is 13.4. The van der Waals surface area contributed by atoms with Crippen molar-refractivity contribution in [3.05, 3.63) is 117 Å². The van der Waals surface area contributed by atoms with Crippen molar-refractivity contribution in [1.29, 1.82) is 0 Å². The number of halogens is 1. The van der Waals surface area contributed by atoms with Crippen molar-refractivity contribution in [3.63, 3.8) is 0 Å². The molecular weight excluding hydrogens is 505 g/mol. The van der Waals surface area contributed by atoms with Crippen LogP contribution in [0.3, 0.4) is 0 Å². The summed E-state index contributed by atoms with van der Waals surface area (Å²) in [5.74, 6) is -1.13. The lowest BCUT2D eigenvalue weighted by Crippen LogP contribution is -2.37. The molecule has 1 atom stereocenters. The summed E-state index contributed by atoms with van der Waals surface area (Å²) in [5.41, 5.74) is 7.02. The highest BCUT2D eigenvalue weighted by atomic mass is 19.1. The van der Waals surface area contributed by atoms with Crippen molar-refractivity contribution >= 4 is 28.5 Å². The summed E-state index contributed by atoms with van der Waals surface area (Å²) in [6.45, 7) is 6.12. The Morgan fingerprint density at radius 3 is 2.52 bits per heavy atom. The van der Waals surface area contributed by atoms with Crippen LogP contribution >= 0.6 is 0 Å². The van der Waals surface area contributed by atoms with Crippen LogP contribution < -0.4 is 10.6 Å². The maximum atomic E-state index is 14.8. The zero-order valence-corrected chi connectivity index (χ0v) is 22.9. The monoisotopic (exact) mass is 537 g/mol. The van der Waals surface area contributed by atoms with Gasteiger partial charge in [0.1, 0.15) is 5.82 Å². The number of nitrogens with one attached hydrogen (secondary N) is 3. The molecule has 0 saturated carbocycles. The molecule has 5 rings (SSSR count). The van der Waals surface area contributed by atoms with Crippen LogP contribution in [0, 0.1) is 19.7 Å². The molecule has 0 radical (unpaired) electrons. The predicted octanol–water partition coefficient (Wildman–Crippen LogP) is 5.47. The Kier molecular flexibility index (Phi) is 7.65. The second kappa shape index (κ2) is 11.3. The largest absolute Gasteiger partial charge is 0.361 e. The summed E-state index contributed by atoms with van der Waals surface area (Å²) in [6, 6.07) is 17.4. The van der Waals surface area contributed by atoms with E-state index in [0.717, 1.165) is 33.2 Å². The van der Waals surface area contributed by atoms with E-state index >= 15 is 0 Å². The quantitative estimate of drug-likeness (QED) is 0.278. The molecule has 3 N–H and O–H groups in total. The molecule has 40 heavy (non-hydrogen) atoms. The zero-order valence-electron chi connectivity index (χ0n) is 22.9. The summed E-state index contributed by atoms with van der Waals surface area (Å²) in [5, 5.41) is 6.83. The number of aromatic amines is 1. The molecule has 1 aliphatic rings. The van der Waals surface area contributed by atoms with Crippen LogP contribution in [0.1, 0.15) is 52.8 Å². The number of aromatic nitrogens is 1. The fourth-order valence-corrected chi connectivity index (χ4v) is 5.47. The van der Waals surface area contributed by atoms with E-state index in [1.54, 1.807) is 19.1 Å². The molecule has 7 heteroatoms. The maximum absolute atomic E-state index is 14.8. The Bertz CT molecular complexity index is 1650. The van der Waals surface area contributed by atoms with E-state index in [1.165, 1.54) is 6.07 Å². The fourth-order valence-electron chi connectivity index (χ4n) is 5.47. The minimum absolute atomic E-state index is 0.102. The molecule has 3 aromatic carbocycles. The molecule has 6 nitrogen and oxygen atoms in total. The topological polar surface area (TPSA) is 91.1 Å². The Labute approximate surface area is 232 Å². The van der Waals surface area contributed by atoms with Gasteiger partial charge in [0.2, 0.25) is 11.8 Å². The standard InChI is InChI=1S/C33H32FN3O3/c1-19-5-4-6-20(2)26(19)18-36-30(39)17-25-16-24(8-9-27(25)34)33-32(21(3)13-31(40)37-33)29(38)15-22-7-10-28-23(14-22)11-12-35-28/h4-12,14,16,33,35H,13,15,17-18H2,1-3H3,(H,36,39)(H,37,40). The van der Waals surface area contributed by atoms with Crippen molar-refractivity contribution < 1.29 is 18.8 Å². The third-order valence-corrected chi connectivity index (χ3v) is 7.62. The van der Waals surface area contributed by atoms with Crippen LogP contribution in [0.15, 0.2) is 78.0 Å². The van der Waals surface area contributed by atoms with Gasteiger partial charge in [0.15, 0.2) is 5.78 Å². The van der Waals surface area contributed by atoms with Crippen LogP contribution in [0.5, 0.6) is 0 Å². The SMILES string of the molecule is CC1=C(C(=O)Cc2ccc3[nH]ccc3c2)C(c2ccc(F)c(CC(=O)NCc3c(C)cccc3C)c2)NC(=O)C1. The number of rotatable bonds is 8.